The third-order valence-electron chi connectivity index (χ3n) is 3.68. The molecular formula is C18H16N4O4. The minimum atomic E-state index is -1.07. The van der Waals surface area contributed by atoms with Crippen LogP contribution in [0.3, 0.4) is 0 Å². The first-order chi connectivity index (χ1) is 12.5. The molecule has 4 N–H and O–H groups in total. The summed E-state index contributed by atoms with van der Waals surface area (Å²) >= 11 is 0. The standard InChI is InChI=1S/C18H16N4O4/c1-10-5-11-7-12(26-15(11)13(6-10)18(24)25)9-22-17(23)14(8-19)16-20-3-2-4-21-16/h2-8H,9,19H2,1H3,(H,22,23)(H,24,25)/b14-8+. The van der Waals surface area contributed by atoms with E-state index in [0.29, 0.717) is 11.1 Å². The molecule has 2 aromatic heterocycles. The summed E-state index contributed by atoms with van der Waals surface area (Å²) in [7, 11) is 0. The number of nitrogens with zero attached hydrogens (tertiary/aromatic N) is 2. The van der Waals surface area contributed by atoms with Crippen LogP contribution in [0.4, 0.5) is 0 Å². The fourth-order valence-electron chi connectivity index (χ4n) is 2.55. The molecule has 8 heteroatoms. The predicted octanol–water partition coefficient (Wildman–Crippen LogP) is 1.85. The Bertz CT molecular complexity index is 1010. The van der Waals surface area contributed by atoms with Gasteiger partial charge in [0.25, 0.3) is 5.91 Å². The van der Waals surface area contributed by atoms with Crippen LogP contribution in [0.2, 0.25) is 0 Å². The number of benzene rings is 1. The van der Waals surface area contributed by atoms with Crippen molar-refractivity contribution in [2.75, 3.05) is 0 Å². The molecule has 2 heterocycles. The van der Waals surface area contributed by atoms with Crippen LogP contribution in [0.15, 0.2) is 47.3 Å². The molecule has 0 aliphatic carbocycles. The normalized spacial score (nSPS) is 11.5. The first-order valence-corrected chi connectivity index (χ1v) is 7.73. The largest absolute Gasteiger partial charge is 0.478 e. The van der Waals surface area contributed by atoms with Gasteiger partial charge in [0.05, 0.1) is 12.1 Å². The molecule has 0 saturated heterocycles. The molecule has 0 saturated carbocycles. The molecular weight excluding hydrogens is 336 g/mol. The number of carbonyl (C=O) groups excluding carboxylic acids is 1. The molecule has 0 radical (unpaired) electrons. The summed E-state index contributed by atoms with van der Waals surface area (Å²) in [5.74, 6) is -0.903. The highest BCUT2D eigenvalue weighted by Crippen LogP contribution is 2.25. The van der Waals surface area contributed by atoms with Crippen molar-refractivity contribution in [1.29, 1.82) is 0 Å². The van der Waals surface area contributed by atoms with Gasteiger partial charge in [-0.25, -0.2) is 14.8 Å². The number of carbonyl (C=O) groups is 2. The highest BCUT2D eigenvalue weighted by molar-refractivity contribution is 6.18. The maximum atomic E-state index is 12.3. The third-order valence-corrected chi connectivity index (χ3v) is 3.68. The summed E-state index contributed by atoms with van der Waals surface area (Å²) in [6.07, 6.45) is 4.15. The number of hydrogen-bond donors (Lipinski definition) is 3. The van der Waals surface area contributed by atoms with Crippen LogP contribution in [0.5, 0.6) is 0 Å². The number of nitrogens with one attached hydrogen (secondary N) is 1. The van der Waals surface area contributed by atoms with E-state index in [1.165, 1.54) is 12.4 Å². The zero-order chi connectivity index (χ0) is 18.7. The molecule has 0 atom stereocenters. The lowest BCUT2D eigenvalue weighted by atomic mass is 10.1. The van der Waals surface area contributed by atoms with E-state index in [2.05, 4.69) is 15.3 Å². The summed E-state index contributed by atoms with van der Waals surface area (Å²) in [4.78, 5) is 31.7. The summed E-state index contributed by atoms with van der Waals surface area (Å²) in [5.41, 5.74) is 6.80. The molecule has 3 rings (SSSR count). The molecule has 0 bridgehead atoms. The molecule has 132 valence electrons. The van der Waals surface area contributed by atoms with Crippen molar-refractivity contribution in [2.45, 2.75) is 13.5 Å². The smallest absolute Gasteiger partial charge is 0.339 e. The minimum absolute atomic E-state index is 0.0653. The van der Waals surface area contributed by atoms with E-state index in [4.69, 9.17) is 10.2 Å². The number of aromatic nitrogens is 2. The van der Waals surface area contributed by atoms with Crippen LogP contribution in [0.25, 0.3) is 16.5 Å². The molecule has 1 aromatic carbocycles. The van der Waals surface area contributed by atoms with E-state index < -0.39 is 11.9 Å². The number of nitrogens with two attached hydrogens (primary N) is 1. The Hall–Kier alpha value is -3.68. The van der Waals surface area contributed by atoms with E-state index in [0.717, 1.165) is 11.8 Å². The topological polar surface area (TPSA) is 131 Å². The van der Waals surface area contributed by atoms with Gasteiger partial charge >= 0.3 is 5.97 Å². The number of amides is 1. The third kappa shape index (κ3) is 3.39. The first kappa shape index (κ1) is 17.2. The molecule has 0 aliphatic rings. The van der Waals surface area contributed by atoms with Crippen LogP contribution in [0.1, 0.15) is 27.5 Å². The SMILES string of the molecule is Cc1cc(C(=O)O)c2oc(CNC(=O)/C(=C/N)c3ncccn3)cc2c1. The number of fused-ring (bicyclic) bond motifs is 1. The first-order valence-electron chi connectivity index (χ1n) is 7.73. The molecule has 0 unspecified atom stereocenters. The Morgan fingerprint density at radius 2 is 2.00 bits per heavy atom. The summed E-state index contributed by atoms with van der Waals surface area (Å²) in [6.45, 7) is 1.87. The molecule has 26 heavy (non-hydrogen) atoms. The van der Waals surface area contributed by atoms with Crippen molar-refractivity contribution in [3.05, 3.63) is 65.6 Å². The van der Waals surface area contributed by atoms with Gasteiger partial charge in [0.1, 0.15) is 16.9 Å². The highest BCUT2D eigenvalue weighted by atomic mass is 16.4. The van der Waals surface area contributed by atoms with Gasteiger partial charge < -0.3 is 20.6 Å². The molecule has 3 aromatic rings. The van der Waals surface area contributed by atoms with Gasteiger partial charge in [0.2, 0.25) is 0 Å². The van der Waals surface area contributed by atoms with E-state index in [-0.39, 0.29) is 29.1 Å². The van der Waals surface area contributed by atoms with Crippen molar-refractivity contribution in [3.63, 3.8) is 0 Å². The van der Waals surface area contributed by atoms with Crippen LogP contribution in [0, 0.1) is 6.92 Å². The average molecular weight is 352 g/mol. The van der Waals surface area contributed by atoms with Gasteiger partial charge in [-0.3, -0.25) is 4.79 Å². The second kappa shape index (κ2) is 7.06. The summed E-state index contributed by atoms with van der Waals surface area (Å²) in [6, 6.07) is 6.68. The zero-order valence-corrected chi connectivity index (χ0v) is 13.9. The monoisotopic (exact) mass is 352 g/mol. The Morgan fingerprint density at radius 1 is 1.27 bits per heavy atom. The molecule has 1 amide bonds. The van der Waals surface area contributed by atoms with Crippen molar-refractivity contribution >= 4 is 28.4 Å². The lowest BCUT2D eigenvalue weighted by Crippen LogP contribution is -2.25. The number of rotatable bonds is 5. The maximum absolute atomic E-state index is 12.3. The van der Waals surface area contributed by atoms with E-state index in [1.807, 2.05) is 6.07 Å². The number of carboxylic acids is 1. The van der Waals surface area contributed by atoms with Gasteiger partial charge in [-0.05, 0) is 36.8 Å². The lowest BCUT2D eigenvalue weighted by Gasteiger charge is -2.05. The van der Waals surface area contributed by atoms with Gasteiger partial charge in [0, 0.05) is 24.0 Å². The number of aryl methyl sites for hydroxylation is 1. The van der Waals surface area contributed by atoms with E-state index in [9.17, 15) is 14.7 Å². The minimum Gasteiger partial charge on any atom is -0.478 e. The van der Waals surface area contributed by atoms with Crippen LogP contribution >= 0.6 is 0 Å². The maximum Gasteiger partial charge on any atom is 0.339 e. The second-order valence-corrected chi connectivity index (χ2v) is 5.58. The van der Waals surface area contributed by atoms with Gasteiger partial charge in [-0.15, -0.1) is 0 Å². The Labute approximate surface area is 148 Å². The molecule has 8 nitrogen and oxygen atoms in total. The average Bonchev–Trinajstić information content (AvgIpc) is 3.03. The van der Waals surface area contributed by atoms with E-state index >= 15 is 0 Å². The quantitative estimate of drug-likeness (QED) is 0.597. The molecule has 0 aliphatic heterocycles. The molecule has 0 fully saturated rings. The Morgan fingerprint density at radius 3 is 2.65 bits per heavy atom. The number of aromatic carboxylic acids is 1. The van der Waals surface area contributed by atoms with Gasteiger partial charge in [-0.2, -0.15) is 0 Å². The Balaban J connectivity index is 1.80. The predicted molar refractivity (Wildman–Crippen MR) is 94.0 cm³/mol. The van der Waals surface area contributed by atoms with Gasteiger partial charge in [0.15, 0.2) is 5.82 Å². The van der Waals surface area contributed by atoms with Crippen LogP contribution in [-0.2, 0) is 11.3 Å². The summed E-state index contributed by atoms with van der Waals surface area (Å²) in [5, 5.41) is 12.6. The fourth-order valence-corrected chi connectivity index (χ4v) is 2.55. The van der Waals surface area contributed by atoms with Crippen molar-refractivity contribution < 1.29 is 19.1 Å². The second-order valence-electron chi connectivity index (χ2n) is 5.58. The summed E-state index contributed by atoms with van der Waals surface area (Å²) < 4.78 is 5.61. The number of carboxylic acid groups (broad SMARTS) is 1. The van der Waals surface area contributed by atoms with Crippen molar-refractivity contribution in [3.8, 4) is 0 Å². The van der Waals surface area contributed by atoms with Crippen molar-refractivity contribution in [1.82, 2.24) is 15.3 Å². The zero-order valence-electron chi connectivity index (χ0n) is 13.9. The number of hydrogen-bond acceptors (Lipinski definition) is 6. The fraction of sp³-hybridized carbons (Fsp3) is 0.111. The van der Waals surface area contributed by atoms with E-state index in [1.54, 1.807) is 25.1 Å². The molecule has 0 spiro atoms. The number of furan rings is 1. The highest BCUT2D eigenvalue weighted by Gasteiger charge is 2.17. The lowest BCUT2D eigenvalue weighted by molar-refractivity contribution is -0.115. The Kier molecular flexibility index (Phi) is 4.66. The van der Waals surface area contributed by atoms with Crippen molar-refractivity contribution in [2.24, 2.45) is 5.73 Å². The van der Waals surface area contributed by atoms with Gasteiger partial charge in [-0.1, -0.05) is 0 Å². The van der Waals surface area contributed by atoms with Crippen LogP contribution in [-0.4, -0.2) is 27.0 Å². The van der Waals surface area contributed by atoms with Crippen LogP contribution < -0.4 is 11.1 Å².